The van der Waals surface area contributed by atoms with Crippen molar-refractivity contribution in [2.75, 3.05) is 0 Å². The lowest BCUT2D eigenvalue weighted by Crippen LogP contribution is -2.09. The molecule has 0 unspecified atom stereocenters. The van der Waals surface area contributed by atoms with Crippen LogP contribution in [0.1, 0.15) is 26.3 Å². The molecule has 0 radical (unpaired) electrons. The Kier molecular flexibility index (Phi) is 6.70. The van der Waals surface area contributed by atoms with Crippen LogP contribution >= 0.6 is 0 Å². The van der Waals surface area contributed by atoms with Gasteiger partial charge in [-0.2, -0.15) is 0 Å². The summed E-state index contributed by atoms with van der Waals surface area (Å²) in [5.41, 5.74) is 3.24. The molecule has 0 atom stereocenters. The van der Waals surface area contributed by atoms with Gasteiger partial charge in [-0.15, -0.1) is 0 Å². The van der Waals surface area contributed by atoms with Gasteiger partial charge in [0.1, 0.15) is 5.75 Å². The van der Waals surface area contributed by atoms with E-state index >= 15 is 0 Å². The fourth-order valence-electron chi connectivity index (χ4n) is 3.31. The highest BCUT2D eigenvalue weighted by Gasteiger charge is 2.13. The lowest BCUT2D eigenvalue weighted by atomic mass is 10.0. The Hall–Kier alpha value is -4.84. The van der Waals surface area contributed by atoms with Crippen molar-refractivity contribution in [2.24, 2.45) is 0 Å². The molecule has 0 N–H and O–H groups in total. The molecule has 0 aliphatic heterocycles. The van der Waals surface area contributed by atoms with Crippen molar-refractivity contribution in [1.29, 1.82) is 0 Å². The summed E-state index contributed by atoms with van der Waals surface area (Å²) >= 11 is 0. The number of para-hydroxylation sites is 1. The number of ketones is 1. The van der Waals surface area contributed by atoms with Gasteiger partial charge in [0.15, 0.2) is 5.78 Å². The van der Waals surface area contributed by atoms with Crippen molar-refractivity contribution < 1.29 is 19.2 Å². The molecule has 0 spiro atoms. The Labute approximate surface area is 195 Å². The van der Waals surface area contributed by atoms with Gasteiger partial charge < -0.3 is 4.74 Å². The first-order valence-corrected chi connectivity index (χ1v) is 10.4. The number of allylic oxidation sites excluding steroid dienone is 1. The minimum absolute atomic E-state index is 0.116. The Morgan fingerprint density at radius 3 is 1.97 bits per heavy atom. The lowest BCUT2D eigenvalue weighted by Gasteiger charge is -2.07. The first-order valence-electron chi connectivity index (χ1n) is 10.4. The normalized spacial score (nSPS) is 10.7. The van der Waals surface area contributed by atoms with Crippen LogP contribution in [0.2, 0.25) is 0 Å². The number of ether oxygens (including phenoxy) is 1. The van der Waals surface area contributed by atoms with Crippen LogP contribution in [0, 0.1) is 10.1 Å². The summed E-state index contributed by atoms with van der Waals surface area (Å²) in [5, 5.41) is 10.8. The average Bonchev–Trinajstić information content (AvgIpc) is 2.88. The van der Waals surface area contributed by atoms with E-state index in [1.807, 2.05) is 42.5 Å². The molecule has 0 bridgehead atoms. The zero-order valence-corrected chi connectivity index (χ0v) is 18.0. The Morgan fingerprint density at radius 2 is 1.29 bits per heavy atom. The predicted molar refractivity (Wildman–Crippen MR) is 130 cm³/mol. The van der Waals surface area contributed by atoms with Crippen LogP contribution in [0.15, 0.2) is 109 Å². The molecule has 4 aromatic rings. The van der Waals surface area contributed by atoms with Crippen molar-refractivity contribution in [1.82, 2.24) is 0 Å². The molecule has 166 valence electrons. The van der Waals surface area contributed by atoms with Gasteiger partial charge in [0.2, 0.25) is 0 Å². The SMILES string of the molecule is O=C(/C=C/c1ccccc1OC(=O)c1ccc([N+](=O)[O-])cc1)c1ccc(-c2ccccc2)cc1. The van der Waals surface area contributed by atoms with Crippen LogP contribution in [0.4, 0.5) is 5.69 Å². The first kappa shape index (κ1) is 22.4. The van der Waals surface area contributed by atoms with E-state index in [2.05, 4.69) is 0 Å². The first-order chi connectivity index (χ1) is 16.5. The minimum Gasteiger partial charge on any atom is -0.422 e. The number of benzene rings is 4. The summed E-state index contributed by atoms with van der Waals surface area (Å²) < 4.78 is 5.46. The van der Waals surface area contributed by atoms with Gasteiger partial charge in [-0.3, -0.25) is 14.9 Å². The molecule has 6 heteroatoms. The van der Waals surface area contributed by atoms with Crippen molar-refractivity contribution in [3.05, 3.63) is 136 Å². The molecule has 0 heterocycles. The van der Waals surface area contributed by atoms with Gasteiger partial charge in [-0.1, -0.05) is 72.8 Å². The number of esters is 1. The summed E-state index contributed by atoms with van der Waals surface area (Å²) in [5.74, 6) is -0.566. The molecule has 0 aliphatic rings. The van der Waals surface area contributed by atoms with Crippen molar-refractivity contribution in [2.45, 2.75) is 0 Å². The van der Waals surface area contributed by atoms with Gasteiger partial charge in [-0.05, 0) is 41.5 Å². The second-order valence-electron chi connectivity index (χ2n) is 7.37. The number of carbonyl (C=O) groups is 2. The second kappa shape index (κ2) is 10.2. The number of hydrogen-bond donors (Lipinski definition) is 0. The zero-order valence-electron chi connectivity index (χ0n) is 18.0. The van der Waals surface area contributed by atoms with Crippen LogP contribution in [-0.2, 0) is 0 Å². The van der Waals surface area contributed by atoms with E-state index in [0.29, 0.717) is 11.1 Å². The molecule has 0 saturated heterocycles. The molecule has 0 aliphatic carbocycles. The molecule has 6 nitrogen and oxygen atoms in total. The zero-order chi connectivity index (χ0) is 23.9. The summed E-state index contributed by atoms with van der Waals surface area (Å²) in [6, 6.07) is 29.2. The molecular weight excluding hydrogens is 430 g/mol. The second-order valence-corrected chi connectivity index (χ2v) is 7.37. The topological polar surface area (TPSA) is 86.5 Å². The van der Waals surface area contributed by atoms with Crippen molar-refractivity contribution in [3.8, 4) is 16.9 Å². The smallest absolute Gasteiger partial charge is 0.343 e. The third kappa shape index (κ3) is 5.31. The van der Waals surface area contributed by atoms with Gasteiger partial charge in [0.05, 0.1) is 10.5 Å². The van der Waals surface area contributed by atoms with Crippen LogP contribution in [0.25, 0.3) is 17.2 Å². The van der Waals surface area contributed by atoms with Crippen molar-refractivity contribution >= 4 is 23.5 Å². The molecule has 0 saturated carbocycles. The quantitative estimate of drug-likeness (QED) is 0.0816. The van der Waals surface area contributed by atoms with E-state index in [4.69, 9.17) is 4.74 Å². The minimum atomic E-state index is -0.654. The number of hydrogen-bond acceptors (Lipinski definition) is 5. The summed E-state index contributed by atoms with van der Waals surface area (Å²) in [4.78, 5) is 35.4. The van der Waals surface area contributed by atoms with E-state index < -0.39 is 10.9 Å². The fraction of sp³-hybridized carbons (Fsp3) is 0. The molecular formula is C28H19NO5. The number of nitro groups is 1. The molecule has 0 fully saturated rings. The third-order valence-corrected chi connectivity index (χ3v) is 5.13. The monoisotopic (exact) mass is 449 g/mol. The number of rotatable bonds is 7. The fourth-order valence-corrected chi connectivity index (χ4v) is 3.31. The van der Waals surface area contributed by atoms with E-state index in [-0.39, 0.29) is 22.8 Å². The van der Waals surface area contributed by atoms with E-state index in [0.717, 1.165) is 11.1 Å². The van der Waals surface area contributed by atoms with Crippen molar-refractivity contribution in [3.63, 3.8) is 0 Å². The maximum absolute atomic E-state index is 12.7. The number of nitrogens with zero attached hydrogens (tertiary/aromatic N) is 1. The van der Waals surface area contributed by atoms with Crippen LogP contribution < -0.4 is 4.74 Å². The van der Waals surface area contributed by atoms with Crippen LogP contribution in [0.5, 0.6) is 5.75 Å². The third-order valence-electron chi connectivity index (χ3n) is 5.13. The van der Waals surface area contributed by atoms with Gasteiger partial charge >= 0.3 is 5.97 Å². The van der Waals surface area contributed by atoms with Crippen LogP contribution in [0.3, 0.4) is 0 Å². The Bertz CT molecular complexity index is 1360. The summed E-state index contributed by atoms with van der Waals surface area (Å²) in [6.45, 7) is 0. The number of non-ortho nitro benzene ring substituents is 1. The molecule has 34 heavy (non-hydrogen) atoms. The Balaban J connectivity index is 1.47. The predicted octanol–water partition coefficient (Wildman–Crippen LogP) is 6.38. The van der Waals surface area contributed by atoms with Gasteiger partial charge in [-0.25, -0.2) is 4.79 Å². The summed E-state index contributed by atoms with van der Waals surface area (Å²) in [7, 11) is 0. The van der Waals surface area contributed by atoms with Gasteiger partial charge in [0.25, 0.3) is 5.69 Å². The van der Waals surface area contributed by atoms with E-state index in [1.165, 1.54) is 30.3 Å². The number of nitro benzene ring substituents is 1. The van der Waals surface area contributed by atoms with Gasteiger partial charge in [0, 0.05) is 23.3 Å². The molecule has 4 rings (SSSR count). The maximum atomic E-state index is 12.7. The molecule has 4 aromatic carbocycles. The average molecular weight is 449 g/mol. The highest BCUT2D eigenvalue weighted by atomic mass is 16.6. The maximum Gasteiger partial charge on any atom is 0.343 e. The van der Waals surface area contributed by atoms with E-state index in [1.54, 1.807) is 42.5 Å². The van der Waals surface area contributed by atoms with E-state index in [9.17, 15) is 19.7 Å². The molecule has 0 amide bonds. The van der Waals surface area contributed by atoms with Crippen LogP contribution in [-0.4, -0.2) is 16.7 Å². The lowest BCUT2D eigenvalue weighted by molar-refractivity contribution is -0.384. The standard InChI is InChI=1S/C28H19NO5/c30-26(22-12-10-21(11-13-22)20-6-2-1-3-7-20)19-16-23-8-4-5-9-27(23)34-28(31)24-14-17-25(18-15-24)29(32)33/h1-19H/b19-16+. The number of carbonyl (C=O) groups excluding carboxylic acids is 2. The highest BCUT2D eigenvalue weighted by molar-refractivity contribution is 6.07. The Morgan fingerprint density at radius 1 is 0.706 bits per heavy atom. The highest BCUT2D eigenvalue weighted by Crippen LogP contribution is 2.23. The summed E-state index contributed by atoms with van der Waals surface area (Å²) in [6.07, 6.45) is 3.02. The molecule has 0 aromatic heterocycles. The largest absolute Gasteiger partial charge is 0.422 e.